The molecule has 1 aromatic carbocycles. The van der Waals surface area contributed by atoms with Crippen molar-refractivity contribution in [2.24, 2.45) is 0 Å². The van der Waals surface area contributed by atoms with Crippen molar-refractivity contribution < 1.29 is 9.47 Å². The SMILES string of the molecule is Cc1cc2c(cc1C1CNC1(C)C)OCCO2. The molecule has 1 aromatic rings. The Bertz CT molecular complexity index is 454. The molecule has 92 valence electrons. The Morgan fingerprint density at radius 1 is 1.18 bits per heavy atom. The lowest BCUT2D eigenvalue weighted by Gasteiger charge is -2.47. The molecule has 0 radical (unpaired) electrons. The van der Waals surface area contributed by atoms with Crippen molar-refractivity contribution in [3.63, 3.8) is 0 Å². The van der Waals surface area contributed by atoms with Gasteiger partial charge in [-0.15, -0.1) is 0 Å². The number of benzene rings is 1. The molecule has 1 atom stereocenters. The summed E-state index contributed by atoms with van der Waals surface area (Å²) in [5.41, 5.74) is 2.88. The molecule has 0 saturated carbocycles. The fourth-order valence-electron chi connectivity index (χ4n) is 2.69. The van der Waals surface area contributed by atoms with Gasteiger partial charge in [0.05, 0.1) is 0 Å². The molecule has 0 spiro atoms. The molecular formula is C14H19NO2. The fourth-order valence-corrected chi connectivity index (χ4v) is 2.69. The molecule has 1 unspecified atom stereocenters. The smallest absolute Gasteiger partial charge is 0.161 e. The third-order valence-electron chi connectivity index (χ3n) is 3.94. The first-order chi connectivity index (χ1) is 8.08. The Morgan fingerprint density at radius 3 is 2.35 bits per heavy atom. The van der Waals surface area contributed by atoms with E-state index >= 15 is 0 Å². The Morgan fingerprint density at radius 2 is 1.82 bits per heavy atom. The molecule has 0 amide bonds. The molecule has 0 bridgehead atoms. The van der Waals surface area contributed by atoms with Crippen LogP contribution in [0.5, 0.6) is 11.5 Å². The summed E-state index contributed by atoms with van der Waals surface area (Å²) in [6.07, 6.45) is 0. The van der Waals surface area contributed by atoms with Crippen LogP contribution >= 0.6 is 0 Å². The summed E-state index contributed by atoms with van der Waals surface area (Å²) in [6.45, 7) is 9.01. The zero-order valence-corrected chi connectivity index (χ0v) is 10.7. The standard InChI is InChI=1S/C14H19NO2/c1-9-6-12-13(17-5-4-16-12)7-10(9)11-8-15-14(11,2)3/h6-7,11,15H,4-5,8H2,1-3H3. The summed E-state index contributed by atoms with van der Waals surface area (Å²) in [4.78, 5) is 0. The van der Waals surface area contributed by atoms with Crippen LogP contribution in [-0.4, -0.2) is 25.3 Å². The van der Waals surface area contributed by atoms with E-state index in [0.29, 0.717) is 19.1 Å². The predicted octanol–water partition coefficient (Wildman–Crippen LogP) is 2.23. The van der Waals surface area contributed by atoms with Crippen LogP contribution in [0.2, 0.25) is 0 Å². The van der Waals surface area contributed by atoms with E-state index in [2.05, 4.69) is 38.2 Å². The molecule has 3 rings (SSSR count). The third-order valence-corrected chi connectivity index (χ3v) is 3.94. The van der Waals surface area contributed by atoms with Crippen molar-refractivity contribution in [2.45, 2.75) is 32.2 Å². The maximum Gasteiger partial charge on any atom is 0.161 e. The number of hydrogen-bond acceptors (Lipinski definition) is 3. The van der Waals surface area contributed by atoms with E-state index in [0.717, 1.165) is 18.0 Å². The van der Waals surface area contributed by atoms with Gasteiger partial charge in [-0.05, 0) is 44.0 Å². The van der Waals surface area contributed by atoms with Gasteiger partial charge < -0.3 is 14.8 Å². The Labute approximate surface area is 102 Å². The van der Waals surface area contributed by atoms with Gasteiger partial charge in [0, 0.05) is 18.0 Å². The van der Waals surface area contributed by atoms with E-state index in [9.17, 15) is 0 Å². The maximum atomic E-state index is 5.66. The minimum absolute atomic E-state index is 0.189. The predicted molar refractivity (Wildman–Crippen MR) is 67.0 cm³/mol. The number of rotatable bonds is 1. The largest absolute Gasteiger partial charge is 0.486 e. The van der Waals surface area contributed by atoms with E-state index < -0.39 is 0 Å². The summed E-state index contributed by atoms with van der Waals surface area (Å²) in [6, 6.07) is 4.27. The molecule has 0 aliphatic carbocycles. The molecular weight excluding hydrogens is 214 g/mol. The van der Waals surface area contributed by atoms with Gasteiger partial charge >= 0.3 is 0 Å². The highest BCUT2D eigenvalue weighted by atomic mass is 16.6. The Kier molecular flexibility index (Phi) is 2.33. The molecule has 3 heteroatoms. The van der Waals surface area contributed by atoms with Gasteiger partial charge in [0.15, 0.2) is 11.5 Å². The first-order valence-corrected chi connectivity index (χ1v) is 6.23. The average Bonchev–Trinajstić information content (AvgIpc) is 2.29. The molecule has 3 nitrogen and oxygen atoms in total. The van der Waals surface area contributed by atoms with E-state index in [1.54, 1.807) is 0 Å². The van der Waals surface area contributed by atoms with E-state index in [1.165, 1.54) is 11.1 Å². The van der Waals surface area contributed by atoms with Gasteiger partial charge in [-0.2, -0.15) is 0 Å². The molecule has 0 aromatic heterocycles. The van der Waals surface area contributed by atoms with Crippen LogP contribution in [0.4, 0.5) is 0 Å². The lowest BCUT2D eigenvalue weighted by molar-refractivity contribution is 0.169. The summed E-state index contributed by atoms with van der Waals surface area (Å²) in [5.74, 6) is 2.36. The van der Waals surface area contributed by atoms with Crippen molar-refractivity contribution in [2.75, 3.05) is 19.8 Å². The zero-order chi connectivity index (χ0) is 12.0. The van der Waals surface area contributed by atoms with Crippen LogP contribution < -0.4 is 14.8 Å². The summed E-state index contributed by atoms with van der Waals surface area (Å²) in [5, 5.41) is 3.47. The van der Waals surface area contributed by atoms with Crippen LogP contribution in [0.1, 0.15) is 30.9 Å². The molecule has 2 aliphatic rings. The number of fused-ring (bicyclic) bond motifs is 1. The van der Waals surface area contributed by atoms with E-state index in [-0.39, 0.29) is 5.54 Å². The fraction of sp³-hybridized carbons (Fsp3) is 0.571. The quantitative estimate of drug-likeness (QED) is 0.807. The van der Waals surface area contributed by atoms with Crippen LogP contribution in [-0.2, 0) is 0 Å². The topological polar surface area (TPSA) is 30.5 Å². The van der Waals surface area contributed by atoms with Crippen molar-refractivity contribution >= 4 is 0 Å². The zero-order valence-electron chi connectivity index (χ0n) is 10.7. The Balaban J connectivity index is 2.00. The lowest BCUT2D eigenvalue weighted by atomic mass is 9.74. The van der Waals surface area contributed by atoms with Gasteiger partial charge in [0.1, 0.15) is 13.2 Å². The number of hydrogen-bond donors (Lipinski definition) is 1. The van der Waals surface area contributed by atoms with E-state index in [4.69, 9.17) is 9.47 Å². The van der Waals surface area contributed by atoms with Gasteiger partial charge in [0.2, 0.25) is 0 Å². The second-order valence-corrected chi connectivity index (χ2v) is 5.51. The van der Waals surface area contributed by atoms with Gasteiger partial charge in [-0.3, -0.25) is 0 Å². The van der Waals surface area contributed by atoms with Crippen molar-refractivity contribution in [1.82, 2.24) is 5.32 Å². The van der Waals surface area contributed by atoms with Crippen LogP contribution in [0.25, 0.3) is 0 Å². The highest BCUT2D eigenvalue weighted by molar-refractivity contribution is 5.50. The van der Waals surface area contributed by atoms with Crippen LogP contribution in [0.3, 0.4) is 0 Å². The summed E-state index contributed by atoms with van der Waals surface area (Å²) >= 11 is 0. The van der Waals surface area contributed by atoms with Gasteiger partial charge in [-0.1, -0.05) is 0 Å². The molecule has 2 heterocycles. The van der Waals surface area contributed by atoms with Crippen molar-refractivity contribution in [3.8, 4) is 11.5 Å². The number of aryl methyl sites for hydroxylation is 1. The summed E-state index contributed by atoms with van der Waals surface area (Å²) in [7, 11) is 0. The minimum atomic E-state index is 0.189. The maximum absolute atomic E-state index is 5.66. The van der Waals surface area contributed by atoms with Gasteiger partial charge in [0.25, 0.3) is 0 Å². The molecule has 17 heavy (non-hydrogen) atoms. The molecule has 1 fully saturated rings. The second kappa shape index (κ2) is 3.64. The normalized spacial score (nSPS) is 25.2. The average molecular weight is 233 g/mol. The van der Waals surface area contributed by atoms with Crippen LogP contribution in [0.15, 0.2) is 12.1 Å². The highest BCUT2D eigenvalue weighted by Crippen LogP contribution is 2.41. The molecule has 1 saturated heterocycles. The first-order valence-electron chi connectivity index (χ1n) is 6.23. The minimum Gasteiger partial charge on any atom is -0.486 e. The Hall–Kier alpha value is -1.22. The first kappa shape index (κ1) is 10.9. The van der Waals surface area contributed by atoms with Crippen molar-refractivity contribution in [3.05, 3.63) is 23.3 Å². The number of nitrogens with one attached hydrogen (secondary N) is 1. The van der Waals surface area contributed by atoms with Crippen molar-refractivity contribution in [1.29, 1.82) is 0 Å². The monoisotopic (exact) mass is 233 g/mol. The van der Waals surface area contributed by atoms with Gasteiger partial charge in [-0.25, -0.2) is 0 Å². The summed E-state index contributed by atoms with van der Waals surface area (Å²) < 4.78 is 11.3. The highest BCUT2D eigenvalue weighted by Gasteiger charge is 2.40. The lowest BCUT2D eigenvalue weighted by Crippen LogP contribution is -2.59. The third kappa shape index (κ3) is 1.69. The van der Waals surface area contributed by atoms with E-state index in [1.807, 2.05) is 0 Å². The number of ether oxygens (including phenoxy) is 2. The van der Waals surface area contributed by atoms with Crippen LogP contribution in [0, 0.1) is 6.92 Å². The second-order valence-electron chi connectivity index (χ2n) is 5.51. The molecule has 1 N–H and O–H groups in total. The molecule has 2 aliphatic heterocycles.